The first kappa shape index (κ1) is 15.6. The van der Waals surface area contributed by atoms with Crippen molar-refractivity contribution < 1.29 is 27.4 Å². The maximum Gasteiger partial charge on any atom is 0.450 e. The number of nitrogens with one attached hydrogen (secondary N) is 1. The number of carbonyl (C=O) groups excluding carboxylic acids is 1. The van der Waals surface area contributed by atoms with Crippen molar-refractivity contribution >= 4 is 23.4 Å². The molecule has 0 saturated heterocycles. The first-order valence-corrected chi connectivity index (χ1v) is 6.93. The fourth-order valence-electron chi connectivity index (χ4n) is 1.72. The summed E-state index contributed by atoms with van der Waals surface area (Å²) in [6.07, 6.45) is -4.69. The van der Waals surface area contributed by atoms with Crippen LogP contribution in [-0.4, -0.2) is 31.6 Å². The molecule has 0 radical (unpaired) electrons. The summed E-state index contributed by atoms with van der Waals surface area (Å²) in [5, 5.41) is 2.41. The topological polar surface area (TPSA) is 47.6 Å². The Balaban J connectivity index is 2.28. The van der Waals surface area contributed by atoms with Crippen LogP contribution in [0.1, 0.15) is 0 Å². The molecule has 1 N–H and O–H groups in total. The maximum atomic E-state index is 12.8. The number of ether oxygens (including phenoxy) is 2. The van der Waals surface area contributed by atoms with Crippen LogP contribution in [0.3, 0.4) is 0 Å². The highest BCUT2D eigenvalue weighted by atomic mass is 32.2. The lowest BCUT2D eigenvalue weighted by molar-refractivity contribution is -0.133. The molecular formula is C13H12F3NO3S. The third-order valence-electron chi connectivity index (χ3n) is 2.60. The summed E-state index contributed by atoms with van der Waals surface area (Å²) in [5.41, 5.74) is 0.296. The summed E-state index contributed by atoms with van der Waals surface area (Å²) in [7, 11) is 1.41. The van der Waals surface area contributed by atoms with Gasteiger partial charge in [0, 0.05) is 5.75 Å². The Bertz CT molecular complexity index is 572. The molecule has 114 valence electrons. The molecule has 0 saturated carbocycles. The summed E-state index contributed by atoms with van der Waals surface area (Å²) < 4.78 is 48.2. The average molecular weight is 319 g/mol. The number of methoxy groups -OCH3 is 1. The zero-order valence-electron chi connectivity index (χ0n) is 11.0. The predicted octanol–water partition coefficient (Wildman–Crippen LogP) is 3.17. The van der Waals surface area contributed by atoms with E-state index in [2.05, 4.69) is 10.1 Å². The van der Waals surface area contributed by atoms with Crippen molar-refractivity contribution in [3.05, 3.63) is 34.9 Å². The minimum absolute atomic E-state index is 0.0784. The lowest BCUT2D eigenvalue weighted by atomic mass is 10.3. The molecule has 0 atom stereocenters. The van der Waals surface area contributed by atoms with Gasteiger partial charge in [-0.25, -0.2) is 0 Å². The van der Waals surface area contributed by atoms with E-state index in [1.54, 1.807) is 24.3 Å². The maximum absolute atomic E-state index is 12.8. The van der Waals surface area contributed by atoms with Crippen molar-refractivity contribution in [2.24, 2.45) is 0 Å². The minimum atomic E-state index is -4.69. The van der Waals surface area contributed by atoms with Crippen LogP contribution < -0.4 is 10.1 Å². The van der Waals surface area contributed by atoms with Gasteiger partial charge < -0.3 is 14.8 Å². The van der Waals surface area contributed by atoms with Crippen LogP contribution in [0, 0.1) is 0 Å². The molecule has 1 aromatic rings. The van der Waals surface area contributed by atoms with Gasteiger partial charge in [-0.2, -0.15) is 13.2 Å². The minimum Gasteiger partial charge on any atom is -0.495 e. The molecule has 1 aromatic carbocycles. The van der Waals surface area contributed by atoms with Crippen LogP contribution in [0.5, 0.6) is 5.75 Å². The van der Waals surface area contributed by atoms with Crippen LogP contribution in [0.4, 0.5) is 18.9 Å². The number of hydrogen-bond donors (Lipinski definition) is 1. The van der Waals surface area contributed by atoms with Crippen molar-refractivity contribution in [2.75, 3.05) is 24.8 Å². The van der Waals surface area contributed by atoms with Gasteiger partial charge in [-0.05, 0) is 12.1 Å². The number of amides is 1. The molecule has 0 aromatic heterocycles. The Kier molecular flexibility index (Phi) is 4.66. The second kappa shape index (κ2) is 6.30. The van der Waals surface area contributed by atoms with Gasteiger partial charge in [0.25, 0.3) is 5.91 Å². The molecule has 8 heteroatoms. The fourth-order valence-corrected chi connectivity index (χ4v) is 2.58. The molecule has 0 fully saturated rings. The van der Waals surface area contributed by atoms with E-state index >= 15 is 0 Å². The molecule has 0 unspecified atom stereocenters. The molecule has 0 aliphatic carbocycles. The molecule has 2 rings (SSSR count). The van der Waals surface area contributed by atoms with Crippen molar-refractivity contribution in [1.82, 2.24) is 0 Å². The number of alkyl halides is 3. The number of anilines is 1. The van der Waals surface area contributed by atoms with Crippen LogP contribution >= 0.6 is 11.8 Å². The second-order valence-corrected chi connectivity index (χ2v) is 5.11. The van der Waals surface area contributed by atoms with E-state index in [9.17, 15) is 18.0 Å². The third-order valence-corrected chi connectivity index (χ3v) is 3.63. The van der Waals surface area contributed by atoms with E-state index in [0.29, 0.717) is 11.4 Å². The quantitative estimate of drug-likeness (QED) is 0.929. The Labute approximate surface area is 123 Å². The number of allylic oxidation sites excluding steroid dienone is 1. The summed E-state index contributed by atoms with van der Waals surface area (Å²) >= 11 is 0.821. The van der Waals surface area contributed by atoms with E-state index in [1.807, 2.05) is 0 Å². The zero-order chi connectivity index (χ0) is 15.5. The summed E-state index contributed by atoms with van der Waals surface area (Å²) in [5.74, 6) is -1.46. The Hall–Kier alpha value is -1.83. The van der Waals surface area contributed by atoms with Crippen LogP contribution in [0.25, 0.3) is 0 Å². The smallest absolute Gasteiger partial charge is 0.450 e. The molecule has 1 amide bonds. The van der Waals surface area contributed by atoms with Gasteiger partial charge in [0.05, 0.1) is 19.4 Å². The molecule has 1 heterocycles. The van der Waals surface area contributed by atoms with Crippen molar-refractivity contribution in [3.8, 4) is 5.75 Å². The fraction of sp³-hybridized carbons (Fsp3) is 0.308. The first-order chi connectivity index (χ1) is 9.93. The SMILES string of the molecule is COc1ccccc1NC(=O)C1=C(C(F)(F)F)OCCS1. The number of benzene rings is 1. The summed E-state index contributed by atoms with van der Waals surface area (Å²) in [6.45, 7) is -0.0784. The van der Waals surface area contributed by atoms with E-state index in [-0.39, 0.29) is 12.4 Å². The zero-order valence-corrected chi connectivity index (χ0v) is 11.8. The van der Waals surface area contributed by atoms with Crippen molar-refractivity contribution in [2.45, 2.75) is 6.18 Å². The lowest BCUT2D eigenvalue weighted by Gasteiger charge is -2.22. The molecule has 0 bridgehead atoms. The number of hydrogen-bond acceptors (Lipinski definition) is 4. The molecule has 0 spiro atoms. The van der Waals surface area contributed by atoms with Crippen LogP contribution in [-0.2, 0) is 9.53 Å². The Morgan fingerprint density at radius 3 is 2.76 bits per heavy atom. The Morgan fingerprint density at radius 1 is 1.38 bits per heavy atom. The third kappa shape index (κ3) is 3.63. The number of para-hydroxylation sites is 2. The highest BCUT2D eigenvalue weighted by molar-refractivity contribution is 8.04. The molecular weight excluding hydrogens is 307 g/mol. The van der Waals surface area contributed by atoms with Gasteiger partial charge in [0.2, 0.25) is 5.76 Å². The van der Waals surface area contributed by atoms with Gasteiger partial charge in [-0.15, -0.1) is 11.8 Å². The van der Waals surface area contributed by atoms with Crippen LogP contribution in [0.2, 0.25) is 0 Å². The van der Waals surface area contributed by atoms with Gasteiger partial charge >= 0.3 is 6.18 Å². The van der Waals surface area contributed by atoms with E-state index in [4.69, 9.17) is 4.74 Å². The molecule has 1 aliphatic rings. The van der Waals surface area contributed by atoms with Crippen molar-refractivity contribution in [3.63, 3.8) is 0 Å². The number of thioether (sulfide) groups is 1. The number of halogens is 3. The van der Waals surface area contributed by atoms with Gasteiger partial charge in [-0.3, -0.25) is 4.79 Å². The Morgan fingerprint density at radius 2 is 2.10 bits per heavy atom. The number of carbonyl (C=O) groups is 1. The van der Waals surface area contributed by atoms with Gasteiger partial charge in [-0.1, -0.05) is 12.1 Å². The highest BCUT2D eigenvalue weighted by Gasteiger charge is 2.42. The largest absolute Gasteiger partial charge is 0.495 e. The first-order valence-electron chi connectivity index (χ1n) is 5.95. The number of rotatable bonds is 3. The molecule has 21 heavy (non-hydrogen) atoms. The highest BCUT2D eigenvalue weighted by Crippen LogP contribution is 2.37. The van der Waals surface area contributed by atoms with E-state index < -0.39 is 22.7 Å². The van der Waals surface area contributed by atoms with Crippen LogP contribution in [0.15, 0.2) is 34.9 Å². The summed E-state index contributed by atoms with van der Waals surface area (Å²) in [6, 6.07) is 6.47. The average Bonchev–Trinajstić information content (AvgIpc) is 2.47. The van der Waals surface area contributed by atoms with Crippen molar-refractivity contribution in [1.29, 1.82) is 0 Å². The molecule has 1 aliphatic heterocycles. The summed E-state index contributed by atoms with van der Waals surface area (Å²) in [4.78, 5) is 11.6. The monoisotopic (exact) mass is 319 g/mol. The predicted molar refractivity (Wildman–Crippen MR) is 73.1 cm³/mol. The lowest BCUT2D eigenvalue weighted by Crippen LogP contribution is -2.26. The van der Waals surface area contributed by atoms with Gasteiger partial charge in [0.1, 0.15) is 10.7 Å². The van der Waals surface area contributed by atoms with E-state index in [1.165, 1.54) is 7.11 Å². The normalized spacial score (nSPS) is 15.4. The molecule has 4 nitrogen and oxygen atoms in total. The standard InChI is InChI=1S/C13H12F3NO3S/c1-19-9-5-3-2-4-8(9)17-12(18)10-11(13(14,15)16)20-6-7-21-10/h2-5H,6-7H2,1H3,(H,17,18). The van der Waals surface area contributed by atoms with E-state index in [0.717, 1.165) is 11.8 Å². The van der Waals surface area contributed by atoms with Gasteiger partial charge in [0.15, 0.2) is 0 Å². The second-order valence-electron chi connectivity index (χ2n) is 4.01.